The molecule has 19 heavy (non-hydrogen) atoms. The third-order valence-corrected chi connectivity index (χ3v) is 3.21. The van der Waals surface area contributed by atoms with E-state index in [-0.39, 0.29) is 5.69 Å². The third kappa shape index (κ3) is 2.00. The summed E-state index contributed by atoms with van der Waals surface area (Å²) in [5.41, 5.74) is 7.63. The van der Waals surface area contributed by atoms with Crippen molar-refractivity contribution in [2.24, 2.45) is 5.73 Å². The Morgan fingerprint density at radius 2 is 2.11 bits per heavy atom. The Bertz CT molecular complexity index is 781. The van der Waals surface area contributed by atoms with Gasteiger partial charge in [-0.2, -0.15) is 5.10 Å². The van der Waals surface area contributed by atoms with Gasteiger partial charge >= 0.3 is 0 Å². The molecule has 0 aliphatic rings. The Morgan fingerprint density at radius 1 is 1.26 bits per heavy atom. The van der Waals surface area contributed by atoms with Gasteiger partial charge in [0.2, 0.25) is 0 Å². The minimum atomic E-state index is -0.554. The van der Waals surface area contributed by atoms with Crippen LogP contribution in [0.15, 0.2) is 47.1 Å². The number of rotatable bonds is 2. The first-order valence-corrected chi connectivity index (χ1v) is 6.35. The lowest BCUT2D eigenvalue weighted by atomic mass is 10.3. The molecule has 1 amide bonds. The van der Waals surface area contributed by atoms with Crippen LogP contribution in [0.4, 0.5) is 0 Å². The van der Waals surface area contributed by atoms with Gasteiger partial charge in [0.1, 0.15) is 11.0 Å². The Kier molecular flexibility index (Phi) is 2.79. The SMILES string of the molecule is NC(=O)c1c2ncccc2nn1-c1cccc(Br)c1. The summed E-state index contributed by atoms with van der Waals surface area (Å²) >= 11 is 3.39. The molecule has 0 unspecified atom stereocenters. The number of amides is 1. The maximum Gasteiger partial charge on any atom is 0.269 e. The second kappa shape index (κ2) is 4.47. The van der Waals surface area contributed by atoms with Crippen LogP contribution in [0, 0.1) is 0 Å². The largest absolute Gasteiger partial charge is 0.364 e. The van der Waals surface area contributed by atoms with Gasteiger partial charge in [-0.25, -0.2) is 4.68 Å². The van der Waals surface area contributed by atoms with E-state index in [2.05, 4.69) is 26.0 Å². The molecule has 2 N–H and O–H groups in total. The van der Waals surface area contributed by atoms with E-state index in [0.29, 0.717) is 11.0 Å². The summed E-state index contributed by atoms with van der Waals surface area (Å²) in [6, 6.07) is 11.0. The van der Waals surface area contributed by atoms with Gasteiger partial charge in [-0.1, -0.05) is 22.0 Å². The van der Waals surface area contributed by atoms with Crippen molar-refractivity contribution in [3.8, 4) is 5.69 Å². The number of carbonyl (C=O) groups is 1. The molecule has 0 atom stereocenters. The lowest BCUT2D eigenvalue weighted by molar-refractivity contribution is 0.0994. The lowest BCUT2D eigenvalue weighted by Gasteiger charge is -2.04. The molecule has 5 nitrogen and oxygen atoms in total. The van der Waals surface area contributed by atoms with Crippen molar-refractivity contribution in [2.75, 3.05) is 0 Å². The Balaban J connectivity index is 2.34. The summed E-state index contributed by atoms with van der Waals surface area (Å²) in [6.45, 7) is 0. The van der Waals surface area contributed by atoms with Crippen LogP contribution >= 0.6 is 15.9 Å². The molecule has 0 spiro atoms. The van der Waals surface area contributed by atoms with Crippen LogP contribution in [-0.4, -0.2) is 20.7 Å². The summed E-state index contributed by atoms with van der Waals surface area (Å²) < 4.78 is 2.41. The first kappa shape index (κ1) is 11.9. The van der Waals surface area contributed by atoms with Crippen molar-refractivity contribution in [2.45, 2.75) is 0 Å². The van der Waals surface area contributed by atoms with E-state index in [1.807, 2.05) is 24.3 Å². The van der Waals surface area contributed by atoms with Gasteiger partial charge in [0, 0.05) is 10.7 Å². The number of nitrogens with zero attached hydrogens (tertiary/aromatic N) is 3. The van der Waals surface area contributed by atoms with E-state index in [1.165, 1.54) is 4.68 Å². The molecule has 1 aromatic carbocycles. The molecule has 3 aromatic rings. The van der Waals surface area contributed by atoms with E-state index >= 15 is 0 Å². The van der Waals surface area contributed by atoms with Crippen LogP contribution in [0.5, 0.6) is 0 Å². The molecule has 2 aromatic heterocycles. The Labute approximate surface area is 117 Å². The molecule has 3 rings (SSSR count). The van der Waals surface area contributed by atoms with Crippen molar-refractivity contribution in [3.63, 3.8) is 0 Å². The lowest BCUT2D eigenvalue weighted by Crippen LogP contribution is -2.17. The second-order valence-corrected chi connectivity index (χ2v) is 4.89. The van der Waals surface area contributed by atoms with Gasteiger partial charge in [0.25, 0.3) is 5.91 Å². The molecule has 6 heteroatoms. The zero-order valence-electron chi connectivity index (χ0n) is 9.75. The normalized spacial score (nSPS) is 10.8. The molecular weight excluding hydrogens is 308 g/mol. The first-order chi connectivity index (χ1) is 9.16. The fourth-order valence-corrected chi connectivity index (χ4v) is 2.32. The number of pyridine rings is 1. The molecule has 0 radical (unpaired) electrons. The van der Waals surface area contributed by atoms with Crippen molar-refractivity contribution >= 4 is 32.9 Å². The van der Waals surface area contributed by atoms with Gasteiger partial charge in [0.15, 0.2) is 5.69 Å². The molecule has 0 aliphatic heterocycles. The van der Waals surface area contributed by atoms with Crippen molar-refractivity contribution in [1.29, 1.82) is 0 Å². The quantitative estimate of drug-likeness (QED) is 0.788. The number of primary amides is 1. The highest BCUT2D eigenvalue weighted by molar-refractivity contribution is 9.10. The van der Waals surface area contributed by atoms with E-state index in [1.54, 1.807) is 18.3 Å². The van der Waals surface area contributed by atoms with Gasteiger partial charge in [-0.05, 0) is 30.3 Å². The zero-order chi connectivity index (χ0) is 13.4. The average Bonchev–Trinajstić information content (AvgIpc) is 2.78. The van der Waals surface area contributed by atoms with Crippen LogP contribution in [0.3, 0.4) is 0 Å². The maximum absolute atomic E-state index is 11.7. The number of benzene rings is 1. The zero-order valence-corrected chi connectivity index (χ0v) is 11.3. The molecule has 2 heterocycles. The number of halogens is 1. The number of nitrogens with two attached hydrogens (primary N) is 1. The second-order valence-electron chi connectivity index (χ2n) is 3.98. The monoisotopic (exact) mass is 316 g/mol. The fourth-order valence-electron chi connectivity index (χ4n) is 1.93. The van der Waals surface area contributed by atoms with Crippen molar-refractivity contribution < 1.29 is 4.79 Å². The highest BCUT2D eigenvalue weighted by Gasteiger charge is 2.18. The van der Waals surface area contributed by atoms with Crippen LogP contribution in [0.25, 0.3) is 16.7 Å². The summed E-state index contributed by atoms with van der Waals surface area (Å²) in [4.78, 5) is 15.8. The Morgan fingerprint density at radius 3 is 2.84 bits per heavy atom. The van der Waals surface area contributed by atoms with Crippen LogP contribution < -0.4 is 5.73 Å². The van der Waals surface area contributed by atoms with E-state index in [9.17, 15) is 4.79 Å². The van der Waals surface area contributed by atoms with Gasteiger partial charge in [0.05, 0.1) is 5.69 Å². The smallest absolute Gasteiger partial charge is 0.269 e. The summed E-state index contributed by atoms with van der Waals surface area (Å²) in [5, 5.41) is 4.38. The van der Waals surface area contributed by atoms with Crippen molar-refractivity contribution in [3.05, 3.63) is 52.8 Å². The molecule has 0 saturated heterocycles. The van der Waals surface area contributed by atoms with Crippen LogP contribution in [0.1, 0.15) is 10.5 Å². The molecule has 94 valence electrons. The molecule has 0 aliphatic carbocycles. The highest BCUT2D eigenvalue weighted by Crippen LogP contribution is 2.21. The number of fused-ring (bicyclic) bond motifs is 1. The van der Waals surface area contributed by atoms with Crippen LogP contribution in [0.2, 0.25) is 0 Å². The molecular formula is C13H9BrN4O. The van der Waals surface area contributed by atoms with E-state index in [4.69, 9.17) is 5.73 Å². The number of hydrogen-bond acceptors (Lipinski definition) is 3. The average molecular weight is 317 g/mol. The highest BCUT2D eigenvalue weighted by atomic mass is 79.9. The summed E-state index contributed by atoms with van der Waals surface area (Å²) in [6.07, 6.45) is 1.61. The topological polar surface area (TPSA) is 73.8 Å². The first-order valence-electron chi connectivity index (χ1n) is 5.56. The standard InChI is InChI=1S/C13H9BrN4O/c14-8-3-1-4-9(7-8)18-12(13(15)19)11-10(17-18)5-2-6-16-11/h1-7H,(H2,15,19). The van der Waals surface area contributed by atoms with Crippen LogP contribution in [-0.2, 0) is 0 Å². The summed E-state index contributed by atoms with van der Waals surface area (Å²) in [5.74, 6) is -0.554. The number of aromatic nitrogens is 3. The summed E-state index contributed by atoms with van der Waals surface area (Å²) in [7, 11) is 0. The van der Waals surface area contributed by atoms with Gasteiger partial charge in [-0.15, -0.1) is 0 Å². The van der Waals surface area contributed by atoms with Crippen molar-refractivity contribution in [1.82, 2.24) is 14.8 Å². The van der Waals surface area contributed by atoms with E-state index in [0.717, 1.165) is 10.2 Å². The Hall–Kier alpha value is -2.21. The minimum Gasteiger partial charge on any atom is -0.364 e. The predicted molar refractivity (Wildman–Crippen MR) is 75.1 cm³/mol. The third-order valence-electron chi connectivity index (χ3n) is 2.72. The number of hydrogen-bond donors (Lipinski definition) is 1. The maximum atomic E-state index is 11.7. The predicted octanol–water partition coefficient (Wildman–Crippen LogP) is 2.28. The molecule has 0 saturated carbocycles. The number of carbonyl (C=O) groups excluding carboxylic acids is 1. The van der Waals surface area contributed by atoms with Gasteiger partial charge < -0.3 is 5.73 Å². The minimum absolute atomic E-state index is 0.286. The van der Waals surface area contributed by atoms with Gasteiger partial charge in [-0.3, -0.25) is 9.78 Å². The van der Waals surface area contributed by atoms with E-state index < -0.39 is 5.91 Å². The fraction of sp³-hybridized carbons (Fsp3) is 0. The molecule has 0 fully saturated rings. The molecule has 0 bridgehead atoms.